The summed E-state index contributed by atoms with van der Waals surface area (Å²) >= 11 is 0. The summed E-state index contributed by atoms with van der Waals surface area (Å²) in [6.07, 6.45) is 13.0. The van der Waals surface area contributed by atoms with E-state index in [0.29, 0.717) is 0 Å². The standard InChI is InChI=1S/2C8H12O3S.Cu/c2*1-7-5-3-4-6-8(7,2)12(9,10)11;/h2*3-7H,1-2H3,(H,9,10,11);/q;;+2/p-2. The molecule has 0 bridgehead atoms. The zero-order chi connectivity index (χ0) is 18.8. The van der Waals surface area contributed by atoms with Gasteiger partial charge >= 0.3 is 17.1 Å². The van der Waals surface area contributed by atoms with Gasteiger partial charge in [-0.2, -0.15) is 0 Å². The molecule has 0 aromatic rings. The predicted molar refractivity (Wildman–Crippen MR) is 91.1 cm³/mol. The Morgan fingerprint density at radius 2 is 1.00 bits per heavy atom. The maximum Gasteiger partial charge on any atom is 2.00 e. The molecule has 4 atom stereocenters. The first-order chi connectivity index (χ1) is 10.8. The van der Waals surface area contributed by atoms with Crippen LogP contribution in [0.2, 0.25) is 0 Å². The molecule has 2 aliphatic rings. The van der Waals surface area contributed by atoms with Gasteiger partial charge in [-0.15, -0.1) is 0 Å². The van der Waals surface area contributed by atoms with E-state index >= 15 is 0 Å². The van der Waals surface area contributed by atoms with E-state index in [1.807, 2.05) is 0 Å². The van der Waals surface area contributed by atoms with E-state index in [-0.39, 0.29) is 28.9 Å². The predicted octanol–water partition coefficient (Wildman–Crippen LogP) is 2.10. The Bertz CT molecular complexity index is 726. The van der Waals surface area contributed by atoms with Gasteiger partial charge in [0.25, 0.3) is 0 Å². The third-order valence-electron chi connectivity index (χ3n) is 4.76. The quantitative estimate of drug-likeness (QED) is 0.482. The number of rotatable bonds is 2. The second-order valence-corrected chi connectivity index (χ2v) is 9.92. The summed E-state index contributed by atoms with van der Waals surface area (Å²) in [6, 6.07) is 0. The Kier molecular flexibility index (Phi) is 8.09. The molecule has 25 heavy (non-hydrogen) atoms. The summed E-state index contributed by atoms with van der Waals surface area (Å²) < 4.78 is 62.7. The third-order valence-corrected chi connectivity index (χ3v) is 7.93. The van der Waals surface area contributed by atoms with Crippen molar-refractivity contribution >= 4 is 20.2 Å². The Balaban J connectivity index is 0.000000443. The van der Waals surface area contributed by atoms with Crippen molar-refractivity contribution in [3.8, 4) is 0 Å². The van der Waals surface area contributed by atoms with Crippen molar-refractivity contribution in [2.24, 2.45) is 11.8 Å². The van der Waals surface area contributed by atoms with Crippen LogP contribution in [0.4, 0.5) is 0 Å². The molecule has 4 unspecified atom stereocenters. The van der Waals surface area contributed by atoms with Crippen LogP contribution in [-0.4, -0.2) is 35.4 Å². The van der Waals surface area contributed by atoms with Crippen LogP contribution in [0.15, 0.2) is 48.6 Å². The largest absolute Gasteiger partial charge is 2.00 e. The van der Waals surface area contributed by atoms with E-state index in [1.54, 1.807) is 50.3 Å². The second-order valence-electron chi connectivity index (χ2n) is 6.34. The molecule has 1 radical (unpaired) electrons. The minimum atomic E-state index is -4.26. The van der Waals surface area contributed by atoms with Crippen molar-refractivity contribution in [3.63, 3.8) is 0 Å². The maximum atomic E-state index is 10.9. The van der Waals surface area contributed by atoms with E-state index in [9.17, 15) is 25.9 Å². The van der Waals surface area contributed by atoms with Gasteiger partial charge in [0.1, 0.15) is 20.2 Å². The Morgan fingerprint density at radius 3 is 1.16 bits per heavy atom. The molecule has 0 saturated carbocycles. The first-order valence-electron chi connectivity index (χ1n) is 7.38. The summed E-state index contributed by atoms with van der Waals surface area (Å²) in [4.78, 5) is 0. The van der Waals surface area contributed by atoms with Crippen LogP contribution in [0.5, 0.6) is 0 Å². The third kappa shape index (κ3) is 5.15. The van der Waals surface area contributed by atoms with Gasteiger partial charge in [0, 0.05) is 0 Å². The summed E-state index contributed by atoms with van der Waals surface area (Å²) in [5.74, 6) is -0.519. The summed E-state index contributed by atoms with van der Waals surface area (Å²) in [5, 5.41) is 0. The van der Waals surface area contributed by atoms with Crippen molar-refractivity contribution in [1.82, 2.24) is 0 Å². The number of hydrogen-bond donors (Lipinski definition) is 0. The minimum Gasteiger partial charge on any atom is -0.747 e. The Hall–Kier alpha value is -0.701. The number of allylic oxidation sites excluding steroid dienone is 6. The molecule has 0 fully saturated rings. The minimum absolute atomic E-state index is 0. The maximum absolute atomic E-state index is 10.9. The molecule has 0 saturated heterocycles. The molecule has 0 aliphatic heterocycles. The van der Waals surface area contributed by atoms with Crippen LogP contribution in [0, 0.1) is 11.8 Å². The van der Waals surface area contributed by atoms with Crippen molar-refractivity contribution in [2.75, 3.05) is 0 Å². The monoisotopic (exact) mass is 437 g/mol. The molecule has 0 heterocycles. The summed E-state index contributed by atoms with van der Waals surface area (Å²) in [5.41, 5.74) is 0. The van der Waals surface area contributed by atoms with Crippen molar-refractivity contribution in [1.29, 1.82) is 0 Å². The molecule has 0 aromatic heterocycles. The SMILES string of the molecule is CC1C=CC=CC1(C)S(=O)(=O)[O-].CC1C=CC=CC1(C)S(=O)(=O)[O-].[Cu+2]. The Labute approximate surface area is 160 Å². The second kappa shape index (κ2) is 8.33. The van der Waals surface area contributed by atoms with Gasteiger partial charge in [-0.3, -0.25) is 0 Å². The average molecular weight is 438 g/mol. The van der Waals surface area contributed by atoms with Gasteiger partial charge in [-0.05, 0) is 25.7 Å². The van der Waals surface area contributed by atoms with Gasteiger partial charge in [0.15, 0.2) is 0 Å². The van der Waals surface area contributed by atoms with Gasteiger partial charge < -0.3 is 9.11 Å². The molecule has 0 amide bonds. The topological polar surface area (TPSA) is 114 Å². The van der Waals surface area contributed by atoms with Crippen LogP contribution < -0.4 is 0 Å². The molecule has 145 valence electrons. The fraction of sp³-hybridized carbons (Fsp3) is 0.500. The fourth-order valence-corrected chi connectivity index (χ4v) is 3.82. The molecule has 2 rings (SSSR count). The molecule has 0 N–H and O–H groups in total. The van der Waals surface area contributed by atoms with Gasteiger partial charge in [-0.25, -0.2) is 16.8 Å². The first kappa shape index (κ1) is 24.3. The molecule has 2 aliphatic carbocycles. The van der Waals surface area contributed by atoms with Crippen LogP contribution in [0.3, 0.4) is 0 Å². The van der Waals surface area contributed by atoms with E-state index in [4.69, 9.17) is 0 Å². The average Bonchev–Trinajstić information content (AvgIpc) is 2.44. The molecule has 6 nitrogen and oxygen atoms in total. The zero-order valence-corrected chi connectivity index (χ0v) is 16.9. The van der Waals surface area contributed by atoms with Crippen molar-refractivity contribution < 1.29 is 43.0 Å². The fourth-order valence-electron chi connectivity index (χ4n) is 2.26. The van der Waals surface area contributed by atoms with E-state index in [0.717, 1.165) is 0 Å². The number of hydrogen-bond acceptors (Lipinski definition) is 6. The van der Waals surface area contributed by atoms with Crippen LogP contribution in [-0.2, 0) is 37.3 Å². The smallest absolute Gasteiger partial charge is 0.747 e. The molecular formula is C16H22CuO6S2. The van der Waals surface area contributed by atoms with E-state index in [2.05, 4.69) is 0 Å². The van der Waals surface area contributed by atoms with Crippen molar-refractivity contribution in [2.45, 2.75) is 37.2 Å². The van der Waals surface area contributed by atoms with Crippen LogP contribution in [0.25, 0.3) is 0 Å². The Morgan fingerprint density at radius 1 is 0.720 bits per heavy atom. The summed E-state index contributed by atoms with van der Waals surface area (Å²) in [6.45, 7) is 6.32. The molecule has 9 heteroatoms. The van der Waals surface area contributed by atoms with Gasteiger partial charge in [-0.1, -0.05) is 62.5 Å². The molecule has 0 aromatic carbocycles. The van der Waals surface area contributed by atoms with E-state index in [1.165, 1.54) is 26.0 Å². The van der Waals surface area contributed by atoms with E-state index < -0.39 is 29.7 Å². The van der Waals surface area contributed by atoms with Gasteiger partial charge in [0.05, 0.1) is 9.49 Å². The summed E-state index contributed by atoms with van der Waals surface area (Å²) in [7, 11) is -8.53. The van der Waals surface area contributed by atoms with Gasteiger partial charge in [0.2, 0.25) is 0 Å². The molecule has 0 spiro atoms. The van der Waals surface area contributed by atoms with Crippen LogP contribution in [0.1, 0.15) is 27.7 Å². The first-order valence-corrected chi connectivity index (χ1v) is 10.2. The normalized spacial score (nSPS) is 34.0. The molecular weight excluding hydrogens is 416 g/mol. The zero-order valence-electron chi connectivity index (χ0n) is 14.3. The van der Waals surface area contributed by atoms with Crippen molar-refractivity contribution in [3.05, 3.63) is 48.6 Å². The van der Waals surface area contributed by atoms with Crippen LogP contribution >= 0.6 is 0 Å².